The van der Waals surface area contributed by atoms with E-state index in [1.165, 1.54) is 25.4 Å². The largest absolute Gasteiger partial charge is 0.494 e. The number of carbonyl (C=O) groups is 1. The Balaban J connectivity index is 1.70. The van der Waals surface area contributed by atoms with E-state index in [1.807, 2.05) is 0 Å². The molecule has 32 heavy (non-hydrogen) atoms. The smallest absolute Gasteiger partial charge is 0.416 e. The first-order valence-electron chi connectivity index (χ1n) is 9.34. The monoisotopic (exact) mass is 570 g/mol. The maximum Gasteiger partial charge on any atom is 0.416 e. The molecule has 2 heterocycles. The second-order valence-electron chi connectivity index (χ2n) is 6.90. The van der Waals surface area contributed by atoms with Crippen LogP contribution in [-0.2, 0) is 6.18 Å². The number of hydrogen-bond acceptors (Lipinski definition) is 4. The van der Waals surface area contributed by atoms with E-state index >= 15 is 0 Å². The number of nitrogens with zero attached hydrogens (tertiary/aromatic N) is 2. The van der Waals surface area contributed by atoms with E-state index in [-0.39, 0.29) is 18.4 Å². The maximum atomic E-state index is 13.3. The van der Waals surface area contributed by atoms with Gasteiger partial charge in [-0.05, 0) is 67.8 Å². The van der Waals surface area contributed by atoms with Gasteiger partial charge in [-0.15, -0.1) is 0 Å². The maximum absolute atomic E-state index is 13.3. The highest BCUT2D eigenvalue weighted by Crippen LogP contribution is 2.38. The zero-order valence-corrected chi connectivity index (χ0v) is 19.7. The summed E-state index contributed by atoms with van der Waals surface area (Å²) in [4.78, 5) is 19.1. The Hall–Kier alpha value is -2.59. The minimum absolute atomic E-state index is 0.268. The van der Waals surface area contributed by atoms with Gasteiger partial charge in [0.1, 0.15) is 18.0 Å². The molecule has 4 rings (SSSR count). The molecule has 1 aliphatic rings. The molecule has 0 radical (unpaired) electrons. The van der Waals surface area contributed by atoms with Crippen LogP contribution in [-0.4, -0.2) is 31.2 Å². The van der Waals surface area contributed by atoms with Crippen LogP contribution in [0.4, 0.5) is 18.9 Å². The molecule has 0 aliphatic carbocycles. The molecule has 5 nitrogen and oxygen atoms in total. The van der Waals surface area contributed by atoms with E-state index in [0.717, 1.165) is 12.1 Å². The molecule has 0 fully saturated rings. The highest BCUT2D eigenvalue weighted by Gasteiger charge is 2.30. The van der Waals surface area contributed by atoms with Crippen molar-refractivity contribution in [3.63, 3.8) is 0 Å². The second-order valence-corrected chi connectivity index (χ2v) is 8.61. The summed E-state index contributed by atoms with van der Waals surface area (Å²) in [6, 6.07) is 9.79. The molecule has 166 valence electrons. The van der Waals surface area contributed by atoms with Crippen molar-refractivity contribution >= 4 is 43.5 Å². The molecule has 0 bridgehead atoms. The van der Waals surface area contributed by atoms with Crippen LogP contribution in [0.1, 0.15) is 15.9 Å². The molecule has 0 saturated carbocycles. The number of benzene rings is 2. The Morgan fingerprint density at radius 1 is 1.09 bits per heavy atom. The van der Waals surface area contributed by atoms with Crippen LogP contribution in [0.25, 0.3) is 11.1 Å². The van der Waals surface area contributed by atoms with Gasteiger partial charge in [-0.2, -0.15) is 13.2 Å². The van der Waals surface area contributed by atoms with Crippen molar-refractivity contribution in [3.8, 4) is 22.8 Å². The van der Waals surface area contributed by atoms with Crippen LogP contribution in [0, 0.1) is 0 Å². The Morgan fingerprint density at radius 3 is 2.34 bits per heavy atom. The average Bonchev–Trinajstić information content (AvgIpc) is 2.77. The number of rotatable bonds is 3. The number of pyridine rings is 1. The van der Waals surface area contributed by atoms with Crippen molar-refractivity contribution in [2.45, 2.75) is 6.18 Å². The first kappa shape index (κ1) is 22.6. The van der Waals surface area contributed by atoms with Crippen LogP contribution < -0.4 is 14.4 Å². The molecular weight excluding hydrogens is 557 g/mol. The standard InChI is InChI=1S/C22H15Br2F3N2O3/c1-31-19-16(23)8-13(9-17(19)24)21(30)29-6-7-32-20-18(29)10-14(11-28-20)12-2-4-15(5-3-12)22(25,26)27/h2-5,8-11H,6-7H2,1H3. The molecule has 10 heteroatoms. The minimum Gasteiger partial charge on any atom is -0.494 e. The van der Waals surface area contributed by atoms with Gasteiger partial charge in [0.25, 0.3) is 5.91 Å². The summed E-state index contributed by atoms with van der Waals surface area (Å²) in [5.41, 5.74) is 1.24. The molecule has 1 aliphatic heterocycles. The lowest BCUT2D eigenvalue weighted by Gasteiger charge is -2.29. The van der Waals surface area contributed by atoms with E-state index in [4.69, 9.17) is 9.47 Å². The third kappa shape index (κ3) is 4.33. The molecule has 1 aromatic heterocycles. The molecule has 0 spiro atoms. The van der Waals surface area contributed by atoms with Crippen LogP contribution in [0.5, 0.6) is 11.6 Å². The highest BCUT2D eigenvalue weighted by molar-refractivity contribution is 9.11. The topological polar surface area (TPSA) is 51.7 Å². The highest BCUT2D eigenvalue weighted by atomic mass is 79.9. The summed E-state index contributed by atoms with van der Waals surface area (Å²) in [6.45, 7) is 0.565. The number of anilines is 1. The molecule has 3 aromatic rings. The summed E-state index contributed by atoms with van der Waals surface area (Å²) < 4.78 is 50.7. The summed E-state index contributed by atoms with van der Waals surface area (Å²) in [7, 11) is 1.53. The number of halogens is 5. The van der Waals surface area contributed by atoms with Crippen molar-refractivity contribution in [2.75, 3.05) is 25.2 Å². The lowest BCUT2D eigenvalue weighted by Crippen LogP contribution is -2.38. The summed E-state index contributed by atoms with van der Waals surface area (Å²) >= 11 is 6.80. The number of alkyl halides is 3. The quantitative estimate of drug-likeness (QED) is 0.368. The van der Waals surface area contributed by atoms with Crippen LogP contribution in [0.3, 0.4) is 0 Å². The number of methoxy groups -OCH3 is 1. The Bertz CT molecular complexity index is 1160. The SMILES string of the molecule is COc1c(Br)cc(C(=O)N2CCOc3ncc(-c4ccc(C(F)(F)F)cc4)cc32)cc1Br. The predicted octanol–water partition coefficient (Wildman–Crippen LogP) is 6.34. The Morgan fingerprint density at radius 2 is 1.75 bits per heavy atom. The van der Waals surface area contributed by atoms with Crippen molar-refractivity contribution in [3.05, 3.63) is 68.7 Å². The van der Waals surface area contributed by atoms with Crippen molar-refractivity contribution in [2.24, 2.45) is 0 Å². The zero-order chi connectivity index (χ0) is 23.0. The Labute approximate surface area is 198 Å². The lowest BCUT2D eigenvalue weighted by atomic mass is 10.0. The molecule has 2 aromatic carbocycles. The fourth-order valence-corrected chi connectivity index (χ4v) is 4.86. The first-order chi connectivity index (χ1) is 15.2. The number of hydrogen-bond donors (Lipinski definition) is 0. The second kappa shape index (κ2) is 8.74. The van der Waals surface area contributed by atoms with Gasteiger partial charge in [0.05, 0.1) is 28.2 Å². The number of fused-ring (bicyclic) bond motifs is 1. The van der Waals surface area contributed by atoms with Gasteiger partial charge in [-0.1, -0.05) is 12.1 Å². The zero-order valence-electron chi connectivity index (χ0n) is 16.5. The minimum atomic E-state index is -4.41. The molecule has 0 N–H and O–H groups in total. The number of aromatic nitrogens is 1. The third-order valence-electron chi connectivity index (χ3n) is 4.92. The van der Waals surface area contributed by atoms with E-state index in [1.54, 1.807) is 23.1 Å². The summed E-state index contributed by atoms with van der Waals surface area (Å²) in [5.74, 6) is 0.576. The number of carbonyl (C=O) groups excluding carboxylic acids is 1. The van der Waals surface area contributed by atoms with E-state index in [9.17, 15) is 18.0 Å². The van der Waals surface area contributed by atoms with Gasteiger partial charge in [-0.3, -0.25) is 4.79 Å². The molecule has 0 saturated heterocycles. The average molecular weight is 572 g/mol. The van der Waals surface area contributed by atoms with Gasteiger partial charge in [0, 0.05) is 17.3 Å². The fraction of sp³-hybridized carbons (Fsp3) is 0.182. The summed E-state index contributed by atoms with van der Waals surface area (Å²) in [5, 5.41) is 0. The van der Waals surface area contributed by atoms with E-state index < -0.39 is 11.7 Å². The van der Waals surface area contributed by atoms with Gasteiger partial charge in [-0.25, -0.2) is 4.98 Å². The van der Waals surface area contributed by atoms with Crippen molar-refractivity contribution < 1.29 is 27.4 Å². The van der Waals surface area contributed by atoms with Gasteiger partial charge >= 0.3 is 6.18 Å². The normalized spacial score (nSPS) is 13.4. The van der Waals surface area contributed by atoms with Crippen LogP contribution in [0.2, 0.25) is 0 Å². The van der Waals surface area contributed by atoms with Gasteiger partial charge < -0.3 is 14.4 Å². The molecule has 0 unspecified atom stereocenters. The predicted molar refractivity (Wildman–Crippen MR) is 120 cm³/mol. The van der Waals surface area contributed by atoms with E-state index in [0.29, 0.717) is 43.6 Å². The number of ether oxygens (including phenoxy) is 2. The van der Waals surface area contributed by atoms with Crippen molar-refractivity contribution in [1.29, 1.82) is 0 Å². The third-order valence-corrected chi connectivity index (χ3v) is 6.09. The molecule has 1 amide bonds. The Kier molecular flexibility index (Phi) is 6.17. The molecular formula is C22H15Br2F3N2O3. The fourth-order valence-electron chi connectivity index (χ4n) is 3.35. The molecule has 0 atom stereocenters. The summed E-state index contributed by atoms with van der Waals surface area (Å²) in [6.07, 6.45) is -2.90. The lowest BCUT2D eigenvalue weighted by molar-refractivity contribution is -0.137. The van der Waals surface area contributed by atoms with Gasteiger partial charge in [0.15, 0.2) is 0 Å². The first-order valence-corrected chi connectivity index (χ1v) is 10.9. The van der Waals surface area contributed by atoms with Gasteiger partial charge in [0.2, 0.25) is 5.88 Å². The van der Waals surface area contributed by atoms with E-state index in [2.05, 4.69) is 36.8 Å². The van der Waals surface area contributed by atoms with Crippen LogP contribution in [0.15, 0.2) is 57.6 Å². The van der Waals surface area contributed by atoms with Crippen LogP contribution >= 0.6 is 31.9 Å². The number of amides is 1. The van der Waals surface area contributed by atoms with Crippen molar-refractivity contribution in [1.82, 2.24) is 4.98 Å².